The lowest BCUT2D eigenvalue weighted by Gasteiger charge is -2.15. The first-order valence-electron chi connectivity index (χ1n) is 4.75. The second-order valence-corrected chi connectivity index (χ2v) is 4.23. The normalized spacial score (nSPS) is 12.2. The molecule has 0 saturated carbocycles. The van der Waals surface area contributed by atoms with E-state index in [4.69, 9.17) is 15.2 Å². The molecule has 88 valence electrons. The van der Waals surface area contributed by atoms with Crippen LogP contribution in [0.15, 0.2) is 22.7 Å². The van der Waals surface area contributed by atoms with Gasteiger partial charge in [-0.25, -0.2) is 0 Å². The zero-order valence-electron chi connectivity index (χ0n) is 9.20. The Bertz CT molecular complexity index is 381. The summed E-state index contributed by atoms with van der Waals surface area (Å²) in [5.41, 5.74) is 6.28. The van der Waals surface area contributed by atoms with Gasteiger partial charge >= 0.3 is 0 Å². The minimum atomic E-state index is -0.764. The predicted molar refractivity (Wildman–Crippen MR) is 64.4 cm³/mol. The molecule has 4 nitrogen and oxygen atoms in total. The van der Waals surface area contributed by atoms with Crippen LogP contribution in [0.5, 0.6) is 5.75 Å². The summed E-state index contributed by atoms with van der Waals surface area (Å²) in [6, 6.07) is 5.47. The number of ether oxygens (including phenoxy) is 2. The second kappa shape index (κ2) is 5.86. The van der Waals surface area contributed by atoms with Gasteiger partial charge in [0.2, 0.25) is 0 Å². The van der Waals surface area contributed by atoms with Gasteiger partial charge in [-0.1, -0.05) is 22.0 Å². The maximum atomic E-state index is 11.1. The molecule has 16 heavy (non-hydrogen) atoms. The van der Waals surface area contributed by atoms with E-state index in [1.807, 2.05) is 13.0 Å². The van der Waals surface area contributed by atoms with Gasteiger partial charge in [0.25, 0.3) is 5.91 Å². The van der Waals surface area contributed by atoms with Gasteiger partial charge in [-0.3, -0.25) is 4.79 Å². The largest absolute Gasteiger partial charge is 0.478 e. The zero-order chi connectivity index (χ0) is 12.1. The molecule has 1 aromatic rings. The molecule has 5 heteroatoms. The van der Waals surface area contributed by atoms with Gasteiger partial charge in [-0.2, -0.15) is 0 Å². The molecule has 0 aliphatic carbocycles. The standard InChI is InChI=1S/C11H14BrNO3/c1-7-3-4-8(5-9(7)12)16-10(6-15-2)11(13)14/h3-5,10H,6H2,1-2H3,(H2,13,14). The van der Waals surface area contributed by atoms with Crippen LogP contribution >= 0.6 is 15.9 Å². The molecule has 1 unspecified atom stereocenters. The van der Waals surface area contributed by atoms with E-state index in [1.165, 1.54) is 7.11 Å². The average molecular weight is 288 g/mol. The van der Waals surface area contributed by atoms with Crippen molar-refractivity contribution in [1.29, 1.82) is 0 Å². The molecule has 0 aliphatic heterocycles. The number of benzene rings is 1. The average Bonchev–Trinajstić information content (AvgIpc) is 2.22. The van der Waals surface area contributed by atoms with Crippen LogP contribution in [-0.4, -0.2) is 25.7 Å². The molecule has 0 aliphatic rings. The van der Waals surface area contributed by atoms with Gasteiger partial charge < -0.3 is 15.2 Å². The van der Waals surface area contributed by atoms with Crippen LogP contribution in [0.25, 0.3) is 0 Å². The predicted octanol–water partition coefficient (Wildman–Crippen LogP) is 1.64. The van der Waals surface area contributed by atoms with Crippen LogP contribution in [0.4, 0.5) is 0 Å². The topological polar surface area (TPSA) is 61.6 Å². The summed E-state index contributed by atoms with van der Waals surface area (Å²) >= 11 is 3.38. The summed E-state index contributed by atoms with van der Waals surface area (Å²) < 4.78 is 11.2. The SMILES string of the molecule is COCC(Oc1ccc(C)c(Br)c1)C(N)=O. The number of carbonyl (C=O) groups excluding carboxylic acids is 1. The quantitative estimate of drug-likeness (QED) is 0.896. The zero-order valence-corrected chi connectivity index (χ0v) is 10.8. The molecule has 0 spiro atoms. The van der Waals surface area contributed by atoms with Crippen LogP contribution in [0, 0.1) is 6.92 Å². The Balaban J connectivity index is 2.77. The van der Waals surface area contributed by atoms with Gasteiger partial charge in [0.05, 0.1) is 6.61 Å². The highest BCUT2D eigenvalue weighted by atomic mass is 79.9. The number of carbonyl (C=O) groups is 1. The van der Waals surface area contributed by atoms with Crippen LogP contribution in [0.1, 0.15) is 5.56 Å². The summed E-state index contributed by atoms with van der Waals surface area (Å²) in [5.74, 6) is 0.0388. The van der Waals surface area contributed by atoms with E-state index in [0.717, 1.165) is 10.0 Å². The number of amides is 1. The number of hydrogen-bond acceptors (Lipinski definition) is 3. The van der Waals surface area contributed by atoms with E-state index in [0.29, 0.717) is 5.75 Å². The van der Waals surface area contributed by atoms with Crippen molar-refractivity contribution in [3.05, 3.63) is 28.2 Å². The van der Waals surface area contributed by atoms with Crippen molar-refractivity contribution in [2.24, 2.45) is 5.73 Å². The smallest absolute Gasteiger partial charge is 0.260 e. The summed E-state index contributed by atoms with van der Waals surface area (Å²) in [6.07, 6.45) is -0.764. The number of nitrogens with two attached hydrogens (primary N) is 1. The van der Waals surface area contributed by atoms with Crippen molar-refractivity contribution in [3.63, 3.8) is 0 Å². The molecular weight excluding hydrogens is 274 g/mol. The molecule has 0 heterocycles. The van der Waals surface area contributed by atoms with Gasteiger partial charge in [-0.15, -0.1) is 0 Å². The first-order chi connectivity index (χ1) is 7.54. The monoisotopic (exact) mass is 287 g/mol. The summed E-state index contributed by atoms with van der Waals surface area (Å²) in [6.45, 7) is 2.11. The fourth-order valence-corrected chi connectivity index (χ4v) is 1.49. The fraction of sp³-hybridized carbons (Fsp3) is 0.364. The number of methoxy groups -OCH3 is 1. The Morgan fingerprint density at radius 2 is 2.25 bits per heavy atom. The highest BCUT2D eigenvalue weighted by molar-refractivity contribution is 9.10. The molecule has 0 fully saturated rings. The molecular formula is C11H14BrNO3. The molecule has 2 N–H and O–H groups in total. The van der Waals surface area contributed by atoms with E-state index in [-0.39, 0.29) is 6.61 Å². The molecule has 0 saturated heterocycles. The van der Waals surface area contributed by atoms with Gasteiger partial charge in [0, 0.05) is 11.6 Å². The highest BCUT2D eigenvalue weighted by Gasteiger charge is 2.17. The third-order valence-corrected chi connectivity index (χ3v) is 2.91. The minimum absolute atomic E-state index is 0.140. The lowest BCUT2D eigenvalue weighted by molar-refractivity contribution is -0.126. The number of aryl methyl sites for hydroxylation is 1. The Hall–Kier alpha value is -1.07. The van der Waals surface area contributed by atoms with E-state index in [9.17, 15) is 4.79 Å². The van der Waals surface area contributed by atoms with Crippen molar-refractivity contribution in [2.75, 3.05) is 13.7 Å². The molecule has 0 aromatic heterocycles. The molecule has 1 atom stereocenters. The maximum Gasteiger partial charge on any atom is 0.260 e. The van der Waals surface area contributed by atoms with E-state index < -0.39 is 12.0 Å². The van der Waals surface area contributed by atoms with Crippen molar-refractivity contribution in [2.45, 2.75) is 13.0 Å². The van der Waals surface area contributed by atoms with Crippen LogP contribution in [0.2, 0.25) is 0 Å². The lowest BCUT2D eigenvalue weighted by atomic mass is 10.2. The Kier molecular flexibility index (Phi) is 4.76. The first-order valence-corrected chi connectivity index (χ1v) is 5.55. The highest BCUT2D eigenvalue weighted by Crippen LogP contribution is 2.23. The molecule has 0 radical (unpaired) electrons. The van der Waals surface area contributed by atoms with E-state index in [1.54, 1.807) is 12.1 Å². The molecule has 0 bridgehead atoms. The Morgan fingerprint density at radius 1 is 1.56 bits per heavy atom. The van der Waals surface area contributed by atoms with Crippen molar-refractivity contribution in [1.82, 2.24) is 0 Å². The van der Waals surface area contributed by atoms with Crippen molar-refractivity contribution >= 4 is 21.8 Å². The van der Waals surface area contributed by atoms with Crippen molar-refractivity contribution in [3.8, 4) is 5.75 Å². The maximum absolute atomic E-state index is 11.1. The van der Waals surface area contributed by atoms with Gasteiger partial charge in [0.1, 0.15) is 5.75 Å². The number of hydrogen-bond donors (Lipinski definition) is 1. The molecule has 1 amide bonds. The summed E-state index contributed by atoms with van der Waals surface area (Å²) in [4.78, 5) is 11.1. The van der Waals surface area contributed by atoms with E-state index in [2.05, 4.69) is 15.9 Å². The number of primary amides is 1. The first kappa shape index (κ1) is 13.0. The van der Waals surface area contributed by atoms with Crippen molar-refractivity contribution < 1.29 is 14.3 Å². The lowest BCUT2D eigenvalue weighted by Crippen LogP contribution is -2.37. The third-order valence-electron chi connectivity index (χ3n) is 2.06. The second-order valence-electron chi connectivity index (χ2n) is 3.38. The molecule has 1 rings (SSSR count). The van der Waals surface area contributed by atoms with Gasteiger partial charge in [-0.05, 0) is 24.6 Å². The number of rotatable bonds is 5. The summed E-state index contributed by atoms with van der Waals surface area (Å²) in [7, 11) is 1.49. The van der Waals surface area contributed by atoms with Gasteiger partial charge in [0.15, 0.2) is 6.10 Å². The Labute approximate surface area is 103 Å². The van der Waals surface area contributed by atoms with E-state index >= 15 is 0 Å². The third kappa shape index (κ3) is 3.50. The fourth-order valence-electron chi connectivity index (χ4n) is 1.14. The Morgan fingerprint density at radius 3 is 2.75 bits per heavy atom. The minimum Gasteiger partial charge on any atom is -0.478 e. The number of halogens is 1. The van der Waals surface area contributed by atoms with Crippen LogP contribution in [-0.2, 0) is 9.53 Å². The van der Waals surface area contributed by atoms with Crippen LogP contribution in [0.3, 0.4) is 0 Å². The van der Waals surface area contributed by atoms with Crippen LogP contribution < -0.4 is 10.5 Å². The summed E-state index contributed by atoms with van der Waals surface area (Å²) in [5, 5.41) is 0. The molecule has 1 aromatic carbocycles.